The first-order valence-corrected chi connectivity index (χ1v) is 10.7. The molecule has 0 bridgehead atoms. The number of benzene rings is 2. The Balaban J connectivity index is 1.45. The van der Waals surface area contributed by atoms with Crippen molar-refractivity contribution in [1.29, 1.82) is 0 Å². The molecular weight excluding hydrogens is 372 g/mol. The number of sulfone groups is 1. The van der Waals surface area contributed by atoms with Gasteiger partial charge in [0.05, 0.1) is 17.7 Å². The van der Waals surface area contributed by atoms with E-state index < -0.39 is 9.84 Å². The van der Waals surface area contributed by atoms with Gasteiger partial charge >= 0.3 is 0 Å². The van der Waals surface area contributed by atoms with E-state index in [1.54, 1.807) is 24.3 Å². The van der Waals surface area contributed by atoms with Gasteiger partial charge in [-0.1, -0.05) is 24.3 Å². The Kier molecular flexibility index (Phi) is 3.86. The molecule has 0 fully saturated rings. The molecule has 3 aliphatic rings. The first-order valence-electron chi connectivity index (χ1n) is 9.17. The molecule has 0 radical (unpaired) electrons. The normalized spacial score (nSPS) is 21.9. The molecule has 6 heteroatoms. The average Bonchev–Trinajstić information content (AvgIpc) is 3.34. The number of allylic oxidation sites excluding steroid dienone is 2. The van der Waals surface area contributed by atoms with Crippen LogP contribution in [-0.4, -0.2) is 25.3 Å². The predicted molar refractivity (Wildman–Crippen MR) is 106 cm³/mol. The Morgan fingerprint density at radius 2 is 1.89 bits per heavy atom. The van der Waals surface area contributed by atoms with Crippen molar-refractivity contribution in [1.82, 2.24) is 0 Å². The van der Waals surface area contributed by atoms with E-state index in [2.05, 4.69) is 11.2 Å². The topological polar surface area (TPSA) is 55.7 Å². The molecule has 0 saturated carbocycles. The summed E-state index contributed by atoms with van der Waals surface area (Å²) in [4.78, 5) is 4.94. The van der Waals surface area contributed by atoms with Gasteiger partial charge in [0.2, 0.25) is 15.7 Å². The monoisotopic (exact) mass is 391 g/mol. The van der Waals surface area contributed by atoms with Crippen molar-refractivity contribution in [3.8, 4) is 5.75 Å². The van der Waals surface area contributed by atoms with Crippen LogP contribution in [0.25, 0.3) is 0 Å². The Hall–Kier alpha value is -2.96. The van der Waals surface area contributed by atoms with Gasteiger partial charge in [0, 0.05) is 18.1 Å². The fourth-order valence-electron chi connectivity index (χ4n) is 3.85. The average molecular weight is 391 g/mol. The second kappa shape index (κ2) is 6.29. The van der Waals surface area contributed by atoms with Crippen LogP contribution in [0.4, 0.5) is 0 Å². The van der Waals surface area contributed by atoms with Gasteiger partial charge in [0.25, 0.3) is 0 Å². The minimum absolute atomic E-state index is 0.248. The number of fused-ring (bicyclic) bond motifs is 2. The molecular formula is C22H19N2O3S+. The lowest BCUT2D eigenvalue weighted by Gasteiger charge is -2.28. The molecule has 3 heterocycles. The molecule has 0 amide bonds. The maximum absolute atomic E-state index is 13.1. The number of hydrogen-bond acceptors (Lipinski definition) is 4. The van der Waals surface area contributed by atoms with Crippen LogP contribution >= 0.6 is 0 Å². The third-order valence-corrected chi connectivity index (χ3v) is 7.11. The van der Waals surface area contributed by atoms with Gasteiger partial charge in [-0.25, -0.2) is 12.9 Å². The molecule has 0 saturated heterocycles. The summed E-state index contributed by atoms with van der Waals surface area (Å²) in [6.07, 6.45) is 12.6. The van der Waals surface area contributed by atoms with Gasteiger partial charge in [0.1, 0.15) is 29.6 Å². The third kappa shape index (κ3) is 2.65. The molecule has 5 rings (SSSR count). The number of aliphatic imine (C=N–C) groups is 1. The molecule has 3 aliphatic heterocycles. The number of para-hydroxylation sites is 1. The van der Waals surface area contributed by atoms with Gasteiger partial charge in [-0.15, -0.1) is 0 Å². The molecule has 1 unspecified atom stereocenters. The quantitative estimate of drug-likeness (QED) is 0.746. The Labute approximate surface area is 164 Å². The van der Waals surface area contributed by atoms with Crippen LogP contribution in [0.3, 0.4) is 0 Å². The van der Waals surface area contributed by atoms with E-state index in [0.29, 0.717) is 23.4 Å². The second-order valence-corrected chi connectivity index (χ2v) is 8.98. The lowest BCUT2D eigenvalue weighted by atomic mass is 10.1. The molecule has 0 aliphatic carbocycles. The van der Waals surface area contributed by atoms with E-state index in [1.807, 2.05) is 48.8 Å². The molecule has 2 aromatic carbocycles. The zero-order valence-corrected chi connectivity index (χ0v) is 16.0. The van der Waals surface area contributed by atoms with Gasteiger partial charge in [0.15, 0.2) is 0 Å². The third-order valence-electron chi connectivity index (χ3n) is 5.32. The van der Waals surface area contributed by atoms with Crippen LogP contribution in [-0.2, 0) is 22.8 Å². The summed E-state index contributed by atoms with van der Waals surface area (Å²) >= 11 is 0. The van der Waals surface area contributed by atoms with Crippen LogP contribution in [0.5, 0.6) is 5.75 Å². The van der Waals surface area contributed by atoms with E-state index >= 15 is 0 Å². The maximum Gasteiger partial charge on any atom is 0.237 e. The van der Waals surface area contributed by atoms with E-state index in [9.17, 15) is 8.42 Å². The van der Waals surface area contributed by atoms with Crippen LogP contribution in [0.15, 0.2) is 94.1 Å². The lowest BCUT2D eigenvalue weighted by molar-refractivity contribution is -0.743. The molecule has 0 aromatic heterocycles. The van der Waals surface area contributed by atoms with Crippen molar-refractivity contribution >= 4 is 15.7 Å². The van der Waals surface area contributed by atoms with Crippen molar-refractivity contribution in [3.05, 3.63) is 90.4 Å². The van der Waals surface area contributed by atoms with Gasteiger partial charge in [-0.2, -0.15) is 4.99 Å². The number of amidine groups is 1. The van der Waals surface area contributed by atoms with Crippen LogP contribution < -0.4 is 4.74 Å². The van der Waals surface area contributed by atoms with E-state index in [4.69, 9.17) is 4.74 Å². The molecule has 0 spiro atoms. The molecule has 1 atom stereocenters. The van der Waals surface area contributed by atoms with Crippen LogP contribution in [0, 0.1) is 0 Å². The molecule has 28 heavy (non-hydrogen) atoms. The highest BCUT2D eigenvalue weighted by atomic mass is 32.2. The van der Waals surface area contributed by atoms with Crippen LogP contribution in [0.1, 0.15) is 11.1 Å². The number of nitrogens with zero attached hydrogens (tertiary/aromatic N) is 2. The molecule has 0 N–H and O–H groups in total. The van der Waals surface area contributed by atoms with E-state index in [-0.39, 0.29) is 9.79 Å². The van der Waals surface area contributed by atoms with E-state index in [0.717, 1.165) is 23.4 Å². The number of quaternary nitrogens is 1. The Morgan fingerprint density at radius 3 is 2.75 bits per heavy atom. The molecule has 2 aromatic rings. The first kappa shape index (κ1) is 17.2. The second-order valence-electron chi connectivity index (χ2n) is 7.06. The van der Waals surface area contributed by atoms with Gasteiger partial charge in [-0.05, 0) is 35.9 Å². The Bertz CT molecular complexity index is 1170. The number of rotatable bonds is 4. The highest BCUT2D eigenvalue weighted by Crippen LogP contribution is 2.36. The van der Waals surface area contributed by atoms with Crippen molar-refractivity contribution in [3.63, 3.8) is 0 Å². The largest absolute Gasteiger partial charge is 0.492 e. The highest BCUT2D eigenvalue weighted by Gasteiger charge is 2.34. The van der Waals surface area contributed by atoms with E-state index in [1.165, 1.54) is 0 Å². The van der Waals surface area contributed by atoms with Crippen molar-refractivity contribution in [2.75, 3.05) is 6.61 Å². The summed E-state index contributed by atoms with van der Waals surface area (Å²) in [5, 5.41) is 0. The molecule has 5 nitrogen and oxygen atoms in total. The van der Waals surface area contributed by atoms with Gasteiger partial charge in [-0.3, -0.25) is 0 Å². The number of ether oxygens (including phenoxy) is 1. The minimum Gasteiger partial charge on any atom is -0.492 e. The first-order chi connectivity index (χ1) is 13.6. The fraction of sp³-hybridized carbons (Fsp3) is 0.136. The summed E-state index contributed by atoms with van der Waals surface area (Å²) in [5.41, 5.74) is 1.98. The maximum atomic E-state index is 13.1. The highest BCUT2D eigenvalue weighted by molar-refractivity contribution is 7.91. The lowest BCUT2D eigenvalue weighted by Crippen LogP contribution is -2.40. The summed E-state index contributed by atoms with van der Waals surface area (Å²) in [6.45, 7) is 1.21. The predicted octanol–water partition coefficient (Wildman–Crippen LogP) is 3.74. The minimum atomic E-state index is -3.63. The Morgan fingerprint density at radius 1 is 1.04 bits per heavy atom. The summed E-state index contributed by atoms with van der Waals surface area (Å²) in [5.74, 6) is 1.45. The van der Waals surface area contributed by atoms with Crippen LogP contribution in [0.2, 0.25) is 0 Å². The summed E-state index contributed by atoms with van der Waals surface area (Å²) in [7, 11) is -3.63. The van der Waals surface area contributed by atoms with Gasteiger partial charge < -0.3 is 4.74 Å². The summed E-state index contributed by atoms with van der Waals surface area (Å²) in [6, 6.07) is 12.4. The standard InChI is InChI=1S/C22H19N2O3S/c25-28(26,20-5-3-4-18-11-15-27-22(18)20)19-9-7-17(8-10-19)16-24-13-2-1-6-21(24)23-12-14-24/h1-10,12-14H,11,15-16H2/q+1. The number of hydrogen-bond donors (Lipinski definition) is 0. The molecule has 140 valence electrons. The zero-order valence-electron chi connectivity index (χ0n) is 15.2. The van der Waals surface area contributed by atoms with Crippen molar-refractivity contribution in [2.24, 2.45) is 4.99 Å². The zero-order chi connectivity index (χ0) is 19.2. The SMILES string of the molecule is O=S(=O)(c1ccc(C[N+]23C=CC=CC2=NC=C3)cc1)c1cccc2c1OCC2. The summed E-state index contributed by atoms with van der Waals surface area (Å²) < 4.78 is 32.4. The van der Waals surface area contributed by atoms with Crippen molar-refractivity contribution in [2.45, 2.75) is 22.8 Å². The fourth-order valence-corrected chi connectivity index (χ4v) is 5.29. The van der Waals surface area contributed by atoms with Crippen molar-refractivity contribution < 1.29 is 17.6 Å². The smallest absolute Gasteiger partial charge is 0.237 e.